The molecule has 4 aliphatic carbocycles. The van der Waals surface area contributed by atoms with Crippen LogP contribution in [0.4, 0.5) is 0 Å². The van der Waals surface area contributed by atoms with Gasteiger partial charge in [-0.05, 0) is 25.0 Å². The van der Waals surface area contributed by atoms with Crippen molar-refractivity contribution in [2.45, 2.75) is 108 Å². The minimum absolute atomic E-state index is 0.0101. The van der Waals surface area contributed by atoms with E-state index in [2.05, 4.69) is 0 Å². The van der Waals surface area contributed by atoms with E-state index in [4.69, 9.17) is 37.6 Å². The Balaban J connectivity index is 1.46. The third kappa shape index (κ3) is 3.11. The van der Waals surface area contributed by atoms with Crippen LogP contribution in [0.3, 0.4) is 0 Å². The molecule has 4 saturated carbocycles. The molecule has 3 aliphatic heterocycles. The molecule has 4 bridgehead atoms. The molecule has 7 aliphatic rings. The van der Waals surface area contributed by atoms with Crippen LogP contribution < -0.4 is 0 Å². The second-order valence-corrected chi connectivity index (χ2v) is 15.0. The average molecular weight is 659 g/mol. The minimum atomic E-state index is -1.81. The molecule has 254 valence electrons. The van der Waals surface area contributed by atoms with Gasteiger partial charge in [0.2, 0.25) is 0 Å². The molecule has 8 rings (SSSR count). The highest BCUT2D eigenvalue weighted by atomic mass is 16.9. The van der Waals surface area contributed by atoms with Crippen molar-refractivity contribution >= 4 is 23.9 Å². The predicted molar refractivity (Wildman–Crippen MR) is 151 cm³/mol. The van der Waals surface area contributed by atoms with Gasteiger partial charge >= 0.3 is 23.9 Å². The van der Waals surface area contributed by atoms with Crippen molar-refractivity contribution in [2.75, 3.05) is 7.11 Å². The van der Waals surface area contributed by atoms with Gasteiger partial charge in [0.05, 0.1) is 36.6 Å². The monoisotopic (exact) mass is 658 g/mol. The van der Waals surface area contributed by atoms with Gasteiger partial charge in [-0.1, -0.05) is 13.8 Å². The fraction of sp³-hybridized carbons (Fsp3) is 0.697. The van der Waals surface area contributed by atoms with Gasteiger partial charge in [-0.2, -0.15) is 0 Å². The Morgan fingerprint density at radius 2 is 1.77 bits per heavy atom. The first-order valence-electron chi connectivity index (χ1n) is 15.8. The van der Waals surface area contributed by atoms with Crippen LogP contribution in [0.15, 0.2) is 34.7 Å². The van der Waals surface area contributed by atoms with Crippen LogP contribution in [0.25, 0.3) is 0 Å². The number of aliphatic hydroxyl groups excluding tert-OH is 1. The number of cyclic esters (lactones) is 1. The number of hydrogen-bond acceptors (Lipinski definition) is 14. The maximum atomic E-state index is 13.6. The van der Waals surface area contributed by atoms with Crippen LogP contribution in [0.5, 0.6) is 0 Å². The summed E-state index contributed by atoms with van der Waals surface area (Å²) in [5, 5.41) is 25.0. The van der Waals surface area contributed by atoms with Crippen molar-refractivity contribution in [1.82, 2.24) is 0 Å². The van der Waals surface area contributed by atoms with Crippen molar-refractivity contribution in [2.24, 2.45) is 28.1 Å². The Bertz CT molecular complexity index is 1650. The second-order valence-electron chi connectivity index (χ2n) is 15.0. The molecule has 0 radical (unpaired) electrons. The molecule has 14 atom stereocenters. The fourth-order valence-corrected chi connectivity index (χ4v) is 11.8. The largest absolute Gasteiger partial charge is 0.472 e. The Kier molecular flexibility index (Phi) is 5.82. The predicted octanol–water partition coefficient (Wildman–Crippen LogP) is 1.62. The van der Waals surface area contributed by atoms with E-state index >= 15 is 0 Å². The lowest BCUT2D eigenvalue weighted by Gasteiger charge is -2.74. The summed E-state index contributed by atoms with van der Waals surface area (Å²) in [5.74, 6) is -6.81. The Morgan fingerprint density at radius 1 is 1.06 bits per heavy atom. The van der Waals surface area contributed by atoms with E-state index in [9.17, 15) is 29.4 Å². The van der Waals surface area contributed by atoms with E-state index in [0.29, 0.717) is 11.1 Å². The number of fused-ring (bicyclic) bond motifs is 4. The lowest BCUT2D eigenvalue weighted by molar-refractivity contribution is -0.419. The first-order valence-corrected chi connectivity index (χ1v) is 15.8. The maximum Gasteiger partial charge on any atom is 0.335 e. The van der Waals surface area contributed by atoms with E-state index in [0.717, 1.165) is 7.11 Å². The second kappa shape index (κ2) is 8.83. The van der Waals surface area contributed by atoms with Gasteiger partial charge in [0.1, 0.15) is 30.0 Å². The number of ether oxygens (including phenoxy) is 7. The Labute approximate surface area is 269 Å². The molecule has 2 N–H and O–H groups in total. The summed E-state index contributed by atoms with van der Waals surface area (Å²) in [6.45, 7) is 9.35. The first kappa shape index (κ1) is 31.0. The van der Waals surface area contributed by atoms with E-state index in [1.165, 1.54) is 32.4 Å². The number of carbonyl (C=O) groups excluding carboxylic acids is 4. The molecule has 2 saturated heterocycles. The first-order chi connectivity index (χ1) is 21.9. The van der Waals surface area contributed by atoms with Crippen molar-refractivity contribution in [3.05, 3.63) is 35.8 Å². The fourth-order valence-electron chi connectivity index (χ4n) is 11.8. The van der Waals surface area contributed by atoms with Crippen molar-refractivity contribution in [3.8, 4) is 0 Å². The highest BCUT2D eigenvalue weighted by Gasteiger charge is 2.99. The van der Waals surface area contributed by atoms with Gasteiger partial charge in [-0.3, -0.25) is 9.59 Å². The molecule has 14 heteroatoms. The van der Waals surface area contributed by atoms with Crippen LogP contribution in [0.1, 0.15) is 66.1 Å². The molecule has 6 fully saturated rings. The summed E-state index contributed by atoms with van der Waals surface area (Å²) in [5.41, 5.74) is -8.45. The van der Waals surface area contributed by atoms with Gasteiger partial charge in [0, 0.05) is 55.6 Å². The zero-order valence-electron chi connectivity index (χ0n) is 27.1. The van der Waals surface area contributed by atoms with Crippen LogP contribution in [-0.2, 0) is 52.3 Å². The molecule has 0 aromatic carbocycles. The van der Waals surface area contributed by atoms with Gasteiger partial charge in [0.15, 0.2) is 11.7 Å². The Hall–Kier alpha value is -3.30. The quantitative estimate of drug-likeness (QED) is 0.343. The lowest BCUT2D eigenvalue weighted by Crippen LogP contribution is -2.88. The Morgan fingerprint density at radius 3 is 2.38 bits per heavy atom. The van der Waals surface area contributed by atoms with Gasteiger partial charge in [-0.15, -0.1) is 0 Å². The number of hydrogen-bond donors (Lipinski definition) is 2. The number of rotatable bonds is 5. The molecule has 0 amide bonds. The van der Waals surface area contributed by atoms with Crippen molar-refractivity contribution < 1.29 is 67.0 Å². The van der Waals surface area contributed by atoms with Crippen molar-refractivity contribution in [1.29, 1.82) is 0 Å². The van der Waals surface area contributed by atoms with Crippen molar-refractivity contribution in [3.63, 3.8) is 0 Å². The summed E-state index contributed by atoms with van der Waals surface area (Å²) in [6.07, 6.45) is -1.98. The SMILES string of the molecule is COC(=O)[C@@H](O)[C@@H]1[C@]2(C)C[C@@]3(O)[C@@H]([C@@H]2OC(C)=O)[C@@H]2O[C@]4(C)O[C@]5(C[C@@H](OC(C)=O)[C@@]6(C)C(=CC(=O)O[C@@H]6c6ccoc6)[C@]25O4)[C@@]13C. The van der Waals surface area contributed by atoms with Gasteiger partial charge in [-0.25, -0.2) is 9.59 Å². The van der Waals surface area contributed by atoms with E-state index in [-0.39, 0.29) is 12.8 Å². The number of carbonyl (C=O) groups is 4. The molecule has 1 aromatic heterocycles. The number of aliphatic hydroxyl groups is 2. The van der Waals surface area contributed by atoms with Gasteiger partial charge in [0.25, 0.3) is 5.97 Å². The summed E-state index contributed by atoms with van der Waals surface area (Å²) in [6, 6.07) is 1.65. The third-order valence-corrected chi connectivity index (χ3v) is 13.0. The van der Waals surface area contributed by atoms with Crippen LogP contribution >= 0.6 is 0 Å². The van der Waals surface area contributed by atoms with E-state index < -0.39 is 105 Å². The smallest absolute Gasteiger partial charge is 0.335 e. The normalized spacial score (nSPS) is 51.8. The number of esters is 4. The molecular formula is C33H38O14. The standard InChI is InChI=1S/C33H38O14/c1-14(34)42-18-11-32-29(5)22(21(37)26(38)40-7)27(3)13-31(29,39)20(24(27)43-15(2)35)25-33(32,47-30(6,45-25)46-32)17-10-19(36)44-23(28(17,18)4)16-8-9-41-12-16/h8-10,12,18,20-25,37,39H,11,13H2,1-7H3/t18-,20+,21+,22-,23-,24+,25+,27+,28-,29+,30-,31-,32-,33+/m1/s1. The van der Waals surface area contributed by atoms with Crippen LogP contribution in [0.2, 0.25) is 0 Å². The summed E-state index contributed by atoms with van der Waals surface area (Å²) in [7, 11) is 1.14. The number of furan rings is 1. The molecule has 1 spiro atoms. The van der Waals surface area contributed by atoms with Gasteiger partial charge < -0.3 is 47.8 Å². The average Bonchev–Trinajstić information content (AvgIpc) is 3.74. The summed E-state index contributed by atoms with van der Waals surface area (Å²) >= 11 is 0. The van der Waals surface area contributed by atoms with E-state index in [1.807, 2.05) is 0 Å². The highest BCUT2D eigenvalue weighted by Crippen LogP contribution is 2.87. The lowest BCUT2D eigenvalue weighted by atomic mass is 9.35. The zero-order chi connectivity index (χ0) is 33.9. The third-order valence-electron chi connectivity index (χ3n) is 13.0. The molecule has 4 heterocycles. The maximum absolute atomic E-state index is 13.6. The van der Waals surface area contributed by atoms with E-state index in [1.54, 1.807) is 33.8 Å². The highest BCUT2D eigenvalue weighted by molar-refractivity contribution is 5.86. The molecular weight excluding hydrogens is 620 g/mol. The topological polar surface area (TPSA) is 186 Å². The minimum Gasteiger partial charge on any atom is -0.472 e. The number of methoxy groups -OCH3 is 1. The molecule has 14 nitrogen and oxygen atoms in total. The van der Waals surface area contributed by atoms with Crippen LogP contribution in [0, 0.1) is 28.1 Å². The zero-order valence-corrected chi connectivity index (χ0v) is 27.1. The molecule has 1 aromatic rings. The summed E-state index contributed by atoms with van der Waals surface area (Å²) in [4.78, 5) is 52.3. The molecule has 47 heavy (non-hydrogen) atoms. The van der Waals surface area contributed by atoms with Crippen LogP contribution in [-0.4, -0.2) is 88.4 Å². The summed E-state index contributed by atoms with van der Waals surface area (Å²) < 4.78 is 48.8. The molecule has 0 unspecified atom stereocenters.